The fourth-order valence-corrected chi connectivity index (χ4v) is 2.49. The highest BCUT2D eigenvalue weighted by atomic mass is 19.3. The largest absolute Gasteiger partial charge is 0.493 e. The van der Waals surface area contributed by atoms with Crippen LogP contribution in [0.2, 0.25) is 0 Å². The maximum atomic E-state index is 12.6. The van der Waals surface area contributed by atoms with Crippen molar-refractivity contribution >= 4 is 18.0 Å². The molecule has 0 radical (unpaired) electrons. The second kappa shape index (κ2) is 10.8. The quantitative estimate of drug-likeness (QED) is 0.508. The van der Waals surface area contributed by atoms with E-state index in [1.165, 1.54) is 25.3 Å². The van der Waals surface area contributed by atoms with E-state index >= 15 is 0 Å². The Kier molecular flexibility index (Phi) is 8.14. The van der Waals surface area contributed by atoms with E-state index in [9.17, 15) is 18.4 Å². The Labute approximate surface area is 167 Å². The average Bonchev–Trinajstić information content (AvgIpc) is 2.71. The molecule has 1 amide bonds. The number of esters is 1. The molecule has 0 spiro atoms. The third kappa shape index (κ3) is 6.91. The van der Waals surface area contributed by atoms with Crippen molar-refractivity contribution in [3.05, 3.63) is 65.7 Å². The highest BCUT2D eigenvalue weighted by molar-refractivity contribution is 5.90. The third-order valence-electron chi connectivity index (χ3n) is 3.86. The fraction of sp³-hybridized carbons (Fsp3) is 0.238. The van der Waals surface area contributed by atoms with Crippen LogP contribution < -0.4 is 14.8 Å². The summed E-state index contributed by atoms with van der Waals surface area (Å²) in [6.45, 7) is -1.72. The maximum Gasteiger partial charge on any atom is 0.387 e. The SMILES string of the molecule is COc1cccc(/C=C/C(=O)OCC(=O)N[C@H](C)c2ccccc2)c1OC(F)F. The number of carbonyl (C=O) groups is 2. The molecular weight excluding hydrogens is 384 g/mol. The van der Waals surface area contributed by atoms with E-state index in [1.807, 2.05) is 37.3 Å². The van der Waals surface area contributed by atoms with E-state index < -0.39 is 25.1 Å². The minimum Gasteiger partial charge on any atom is -0.493 e. The van der Waals surface area contributed by atoms with Gasteiger partial charge in [-0.25, -0.2) is 4.79 Å². The van der Waals surface area contributed by atoms with Crippen molar-refractivity contribution in [3.8, 4) is 11.5 Å². The normalized spacial score (nSPS) is 11.9. The summed E-state index contributed by atoms with van der Waals surface area (Å²) in [5.74, 6) is -1.39. The van der Waals surface area contributed by atoms with Gasteiger partial charge in [0, 0.05) is 11.6 Å². The van der Waals surface area contributed by atoms with Crippen LogP contribution in [0.15, 0.2) is 54.6 Å². The van der Waals surface area contributed by atoms with Crippen molar-refractivity contribution in [1.29, 1.82) is 0 Å². The summed E-state index contributed by atoms with van der Waals surface area (Å²) in [7, 11) is 1.31. The van der Waals surface area contributed by atoms with Crippen LogP contribution >= 0.6 is 0 Å². The van der Waals surface area contributed by atoms with Gasteiger partial charge in [0.2, 0.25) is 0 Å². The fourth-order valence-electron chi connectivity index (χ4n) is 2.49. The molecular formula is C21H21F2NO5. The van der Waals surface area contributed by atoms with Crippen molar-refractivity contribution in [2.75, 3.05) is 13.7 Å². The molecule has 0 bridgehead atoms. The zero-order valence-corrected chi connectivity index (χ0v) is 15.9. The number of amides is 1. The number of hydrogen-bond acceptors (Lipinski definition) is 5. The monoisotopic (exact) mass is 405 g/mol. The first kappa shape index (κ1) is 21.9. The molecule has 1 atom stereocenters. The van der Waals surface area contributed by atoms with Crippen LogP contribution in [0, 0.1) is 0 Å². The van der Waals surface area contributed by atoms with E-state index in [0.29, 0.717) is 0 Å². The van der Waals surface area contributed by atoms with Crippen LogP contribution in [0.4, 0.5) is 8.78 Å². The predicted octanol–water partition coefficient (Wildman–Crippen LogP) is 3.73. The van der Waals surface area contributed by atoms with Crippen LogP contribution in [0.25, 0.3) is 6.08 Å². The van der Waals surface area contributed by atoms with Crippen LogP contribution in [0.3, 0.4) is 0 Å². The lowest BCUT2D eigenvalue weighted by atomic mass is 10.1. The van der Waals surface area contributed by atoms with E-state index in [1.54, 1.807) is 6.07 Å². The van der Waals surface area contributed by atoms with Crippen LogP contribution in [0.5, 0.6) is 11.5 Å². The zero-order valence-electron chi connectivity index (χ0n) is 15.9. The standard InChI is InChI=1S/C21H21F2NO5/c1-14(15-7-4-3-5-8-15)24-18(25)13-28-19(26)12-11-16-9-6-10-17(27-2)20(16)29-21(22)23/h3-12,14,21H,13H2,1-2H3,(H,24,25)/b12-11+/t14-/m1/s1. The first-order valence-corrected chi connectivity index (χ1v) is 8.71. The summed E-state index contributed by atoms with van der Waals surface area (Å²) < 4.78 is 39.6. The van der Waals surface area contributed by atoms with Gasteiger partial charge in [-0.05, 0) is 24.6 Å². The molecule has 0 aliphatic carbocycles. The van der Waals surface area contributed by atoms with Crippen molar-refractivity contribution in [2.45, 2.75) is 19.6 Å². The Balaban J connectivity index is 1.92. The summed E-state index contributed by atoms with van der Waals surface area (Å²) >= 11 is 0. The third-order valence-corrected chi connectivity index (χ3v) is 3.86. The van der Waals surface area contributed by atoms with E-state index in [-0.39, 0.29) is 23.1 Å². The average molecular weight is 405 g/mol. The Morgan fingerprint density at radius 2 is 1.83 bits per heavy atom. The first-order chi connectivity index (χ1) is 13.9. The van der Waals surface area contributed by atoms with Gasteiger partial charge in [-0.15, -0.1) is 0 Å². The molecule has 8 heteroatoms. The smallest absolute Gasteiger partial charge is 0.387 e. The Bertz CT molecular complexity index is 855. The number of rotatable bonds is 9. The molecule has 0 unspecified atom stereocenters. The van der Waals surface area contributed by atoms with Crippen LogP contribution in [-0.2, 0) is 14.3 Å². The predicted molar refractivity (Wildman–Crippen MR) is 103 cm³/mol. The number of ether oxygens (including phenoxy) is 3. The summed E-state index contributed by atoms with van der Waals surface area (Å²) in [6.07, 6.45) is 2.26. The molecule has 1 N–H and O–H groups in total. The summed E-state index contributed by atoms with van der Waals surface area (Å²) in [5, 5.41) is 2.71. The van der Waals surface area contributed by atoms with E-state index in [0.717, 1.165) is 11.6 Å². The summed E-state index contributed by atoms with van der Waals surface area (Å²) in [4.78, 5) is 23.8. The molecule has 0 aliphatic rings. The van der Waals surface area contributed by atoms with Gasteiger partial charge >= 0.3 is 12.6 Å². The van der Waals surface area contributed by atoms with Crippen molar-refractivity contribution in [2.24, 2.45) is 0 Å². The van der Waals surface area contributed by atoms with Crippen molar-refractivity contribution in [3.63, 3.8) is 0 Å². The highest BCUT2D eigenvalue weighted by Gasteiger charge is 2.14. The molecule has 0 saturated heterocycles. The number of carbonyl (C=O) groups excluding carboxylic acids is 2. The topological polar surface area (TPSA) is 73.9 Å². The lowest BCUT2D eigenvalue weighted by molar-refractivity contribution is -0.144. The van der Waals surface area contributed by atoms with Gasteiger partial charge in [0.25, 0.3) is 5.91 Å². The van der Waals surface area contributed by atoms with E-state index in [4.69, 9.17) is 9.47 Å². The van der Waals surface area contributed by atoms with Gasteiger partial charge in [0.05, 0.1) is 13.2 Å². The number of nitrogens with one attached hydrogen (secondary N) is 1. The van der Waals surface area contributed by atoms with Gasteiger partial charge in [0.1, 0.15) is 0 Å². The van der Waals surface area contributed by atoms with Gasteiger partial charge in [0.15, 0.2) is 18.1 Å². The van der Waals surface area contributed by atoms with Crippen LogP contribution in [-0.4, -0.2) is 32.2 Å². The van der Waals surface area contributed by atoms with Gasteiger partial charge in [-0.1, -0.05) is 42.5 Å². The Hall–Kier alpha value is -3.42. The second-order valence-corrected chi connectivity index (χ2v) is 5.90. The molecule has 0 fully saturated rings. The maximum absolute atomic E-state index is 12.6. The molecule has 2 aromatic rings. The minimum atomic E-state index is -3.05. The van der Waals surface area contributed by atoms with Crippen LogP contribution in [0.1, 0.15) is 24.1 Å². The summed E-state index contributed by atoms with van der Waals surface area (Å²) in [6, 6.07) is 13.5. The van der Waals surface area contributed by atoms with Crippen molar-refractivity contribution in [1.82, 2.24) is 5.32 Å². The molecule has 29 heavy (non-hydrogen) atoms. The minimum absolute atomic E-state index is 0.0927. The molecule has 6 nitrogen and oxygen atoms in total. The number of benzene rings is 2. The molecule has 0 aromatic heterocycles. The van der Waals surface area contributed by atoms with Gasteiger partial charge < -0.3 is 19.5 Å². The number of para-hydroxylation sites is 1. The molecule has 2 rings (SSSR count). The lowest BCUT2D eigenvalue weighted by Crippen LogP contribution is -2.30. The zero-order chi connectivity index (χ0) is 21.2. The molecule has 154 valence electrons. The second-order valence-electron chi connectivity index (χ2n) is 5.90. The van der Waals surface area contributed by atoms with E-state index in [2.05, 4.69) is 10.1 Å². The Morgan fingerprint density at radius 1 is 1.10 bits per heavy atom. The Morgan fingerprint density at radius 3 is 2.48 bits per heavy atom. The molecule has 0 heterocycles. The summed E-state index contributed by atoms with van der Waals surface area (Å²) in [5.41, 5.74) is 1.11. The molecule has 0 saturated carbocycles. The molecule has 2 aromatic carbocycles. The molecule has 0 aliphatic heterocycles. The number of hydrogen-bond donors (Lipinski definition) is 1. The number of alkyl halides is 2. The first-order valence-electron chi connectivity index (χ1n) is 8.71. The lowest BCUT2D eigenvalue weighted by Gasteiger charge is -2.14. The van der Waals surface area contributed by atoms with Gasteiger partial charge in [-0.2, -0.15) is 8.78 Å². The van der Waals surface area contributed by atoms with Crippen molar-refractivity contribution < 1.29 is 32.6 Å². The van der Waals surface area contributed by atoms with Gasteiger partial charge in [-0.3, -0.25) is 4.79 Å². The number of halogens is 2. The highest BCUT2D eigenvalue weighted by Crippen LogP contribution is 2.33. The number of methoxy groups -OCH3 is 1.